The quantitative estimate of drug-likeness (QED) is 0.345. The average molecular weight is 442 g/mol. The minimum atomic E-state index is 0. The predicted molar refractivity (Wildman–Crippen MR) is 108 cm³/mol. The molecule has 0 bridgehead atoms. The Morgan fingerprint density at radius 2 is 1.92 bits per heavy atom. The van der Waals surface area contributed by atoms with Crippen LogP contribution in [-0.2, 0) is 10.2 Å². The summed E-state index contributed by atoms with van der Waals surface area (Å²) in [6, 6.07) is 11.0. The highest BCUT2D eigenvalue weighted by atomic mass is 127. The van der Waals surface area contributed by atoms with Gasteiger partial charge >= 0.3 is 0 Å². The fraction of sp³-hybridized carbons (Fsp3) is 0.556. The van der Waals surface area contributed by atoms with Gasteiger partial charge in [-0.15, -0.1) is 24.0 Å². The van der Waals surface area contributed by atoms with E-state index in [4.69, 9.17) is 0 Å². The van der Waals surface area contributed by atoms with E-state index in [0.717, 1.165) is 31.9 Å². The van der Waals surface area contributed by atoms with Crippen LogP contribution in [-0.4, -0.2) is 37.5 Å². The SMILES string of the molecule is CCNC(=NCC(=O)NC1CC1)NCC1(c2ccccc2)CC1.I. The molecule has 3 rings (SSSR count). The Morgan fingerprint density at radius 3 is 2.50 bits per heavy atom. The van der Waals surface area contributed by atoms with Crippen molar-refractivity contribution < 1.29 is 4.79 Å². The number of carbonyl (C=O) groups excluding carboxylic acids is 1. The predicted octanol–water partition coefficient (Wildman–Crippen LogP) is 2.17. The van der Waals surface area contributed by atoms with E-state index in [1.807, 2.05) is 6.92 Å². The molecule has 2 aliphatic rings. The molecular formula is C18H27IN4O. The zero-order chi connectivity index (χ0) is 16.1. The van der Waals surface area contributed by atoms with Gasteiger partial charge in [-0.1, -0.05) is 30.3 Å². The van der Waals surface area contributed by atoms with Gasteiger partial charge < -0.3 is 16.0 Å². The first kappa shape index (κ1) is 19.0. The number of guanidine groups is 1. The number of aliphatic imine (C=N–C) groups is 1. The monoisotopic (exact) mass is 442 g/mol. The summed E-state index contributed by atoms with van der Waals surface area (Å²) in [5.41, 5.74) is 1.61. The van der Waals surface area contributed by atoms with E-state index in [-0.39, 0.29) is 41.8 Å². The van der Waals surface area contributed by atoms with Crippen LogP contribution < -0.4 is 16.0 Å². The Morgan fingerprint density at radius 1 is 1.21 bits per heavy atom. The number of nitrogens with zero attached hydrogens (tertiary/aromatic N) is 1. The Hall–Kier alpha value is -1.31. The molecule has 0 aliphatic heterocycles. The van der Waals surface area contributed by atoms with Crippen LogP contribution in [0, 0.1) is 0 Å². The van der Waals surface area contributed by atoms with Gasteiger partial charge in [0.15, 0.2) is 5.96 Å². The van der Waals surface area contributed by atoms with Crippen molar-refractivity contribution in [2.75, 3.05) is 19.6 Å². The highest BCUT2D eigenvalue weighted by Crippen LogP contribution is 2.47. The second-order valence-electron chi connectivity index (χ2n) is 6.54. The first-order chi connectivity index (χ1) is 11.2. The molecule has 1 aromatic carbocycles. The minimum Gasteiger partial charge on any atom is -0.357 e. The molecule has 5 nitrogen and oxygen atoms in total. The van der Waals surface area contributed by atoms with Gasteiger partial charge in [0.05, 0.1) is 0 Å². The highest BCUT2D eigenvalue weighted by molar-refractivity contribution is 14.0. The molecule has 0 unspecified atom stereocenters. The van der Waals surface area contributed by atoms with Gasteiger partial charge in [0.25, 0.3) is 0 Å². The molecule has 1 aromatic rings. The molecule has 2 aliphatic carbocycles. The van der Waals surface area contributed by atoms with Gasteiger partial charge in [0.1, 0.15) is 6.54 Å². The maximum atomic E-state index is 11.8. The number of hydrogen-bond donors (Lipinski definition) is 3. The molecule has 3 N–H and O–H groups in total. The van der Waals surface area contributed by atoms with E-state index in [1.54, 1.807) is 0 Å². The topological polar surface area (TPSA) is 65.5 Å². The van der Waals surface area contributed by atoms with Crippen molar-refractivity contribution in [2.24, 2.45) is 4.99 Å². The third-order valence-corrected chi connectivity index (χ3v) is 4.50. The van der Waals surface area contributed by atoms with Crippen LogP contribution in [0.15, 0.2) is 35.3 Å². The fourth-order valence-electron chi connectivity index (χ4n) is 2.76. The number of rotatable bonds is 7. The number of nitrogens with one attached hydrogen (secondary N) is 3. The highest BCUT2D eigenvalue weighted by Gasteiger charge is 2.44. The first-order valence-corrected chi connectivity index (χ1v) is 8.59. The minimum absolute atomic E-state index is 0. The van der Waals surface area contributed by atoms with Crippen LogP contribution in [0.3, 0.4) is 0 Å². The second-order valence-corrected chi connectivity index (χ2v) is 6.54. The second kappa shape index (κ2) is 8.69. The molecule has 0 spiro atoms. The number of hydrogen-bond acceptors (Lipinski definition) is 2. The molecular weight excluding hydrogens is 415 g/mol. The van der Waals surface area contributed by atoms with E-state index in [2.05, 4.69) is 51.3 Å². The third-order valence-electron chi connectivity index (χ3n) is 4.50. The van der Waals surface area contributed by atoms with Crippen LogP contribution in [0.2, 0.25) is 0 Å². The largest absolute Gasteiger partial charge is 0.357 e. The van der Waals surface area contributed by atoms with Gasteiger partial charge in [-0.3, -0.25) is 4.79 Å². The lowest BCUT2D eigenvalue weighted by Crippen LogP contribution is -2.42. The summed E-state index contributed by atoms with van der Waals surface area (Å²) in [4.78, 5) is 16.2. The lowest BCUT2D eigenvalue weighted by atomic mass is 9.96. The lowest BCUT2D eigenvalue weighted by Gasteiger charge is -2.19. The van der Waals surface area contributed by atoms with E-state index in [1.165, 1.54) is 18.4 Å². The Bertz CT molecular complexity index is 568. The molecule has 1 amide bonds. The van der Waals surface area contributed by atoms with Gasteiger partial charge in [-0.25, -0.2) is 4.99 Å². The van der Waals surface area contributed by atoms with Gasteiger partial charge in [-0.2, -0.15) is 0 Å². The molecule has 24 heavy (non-hydrogen) atoms. The smallest absolute Gasteiger partial charge is 0.242 e. The standard InChI is InChI=1S/C18H26N4O.HI/c1-2-19-17(20-12-16(23)22-15-8-9-15)21-13-18(10-11-18)14-6-4-3-5-7-14;/h3-7,15H,2,8-13H2,1H3,(H,22,23)(H2,19,20,21);1H. The van der Waals surface area contributed by atoms with E-state index in [9.17, 15) is 4.79 Å². The molecule has 0 saturated heterocycles. The van der Waals surface area contributed by atoms with Crippen molar-refractivity contribution in [3.8, 4) is 0 Å². The van der Waals surface area contributed by atoms with Crippen molar-refractivity contribution in [3.63, 3.8) is 0 Å². The van der Waals surface area contributed by atoms with Crippen molar-refractivity contribution in [1.82, 2.24) is 16.0 Å². The molecule has 0 heterocycles. The lowest BCUT2D eigenvalue weighted by molar-refractivity contribution is -0.119. The number of carbonyl (C=O) groups is 1. The van der Waals surface area contributed by atoms with Crippen molar-refractivity contribution in [2.45, 2.75) is 44.1 Å². The maximum absolute atomic E-state index is 11.8. The van der Waals surface area contributed by atoms with Crippen LogP contribution >= 0.6 is 24.0 Å². The van der Waals surface area contributed by atoms with Gasteiger partial charge in [0.2, 0.25) is 5.91 Å². The fourth-order valence-corrected chi connectivity index (χ4v) is 2.76. The van der Waals surface area contributed by atoms with Gasteiger partial charge in [0, 0.05) is 24.5 Å². The molecule has 2 saturated carbocycles. The van der Waals surface area contributed by atoms with Crippen LogP contribution in [0.4, 0.5) is 0 Å². The molecule has 0 atom stereocenters. The first-order valence-electron chi connectivity index (χ1n) is 8.59. The Balaban J connectivity index is 0.00000208. The molecule has 0 aromatic heterocycles. The molecule has 6 heteroatoms. The summed E-state index contributed by atoms with van der Waals surface area (Å²) in [6.45, 7) is 3.86. The normalized spacial score (nSPS) is 18.3. The molecule has 0 radical (unpaired) electrons. The number of halogens is 1. The third kappa shape index (κ3) is 5.36. The van der Waals surface area contributed by atoms with E-state index >= 15 is 0 Å². The summed E-state index contributed by atoms with van der Waals surface area (Å²) in [6.07, 6.45) is 4.61. The molecule has 2 fully saturated rings. The maximum Gasteiger partial charge on any atom is 0.242 e. The zero-order valence-corrected chi connectivity index (χ0v) is 16.5. The van der Waals surface area contributed by atoms with E-state index in [0.29, 0.717) is 6.04 Å². The van der Waals surface area contributed by atoms with Crippen LogP contribution in [0.5, 0.6) is 0 Å². The average Bonchev–Trinajstić information content (AvgIpc) is 3.47. The van der Waals surface area contributed by atoms with Crippen molar-refractivity contribution in [1.29, 1.82) is 0 Å². The van der Waals surface area contributed by atoms with Crippen LogP contribution in [0.25, 0.3) is 0 Å². The summed E-state index contributed by atoms with van der Waals surface area (Å²) in [5, 5.41) is 9.58. The number of amides is 1. The molecule has 132 valence electrons. The Labute approximate surface area is 161 Å². The van der Waals surface area contributed by atoms with Crippen molar-refractivity contribution >= 4 is 35.8 Å². The van der Waals surface area contributed by atoms with Crippen molar-refractivity contribution in [3.05, 3.63) is 35.9 Å². The zero-order valence-electron chi connectivity index (χ0n) is 14.2. The summed E-state index contributed by atoms with van der Waals surface area (Å²) in [7, 11) is 0. The summed E-state index contributed by atoms with van der Waals surface area (Å²) >= 11 is 0. The summed E-state index contributed by atoms with van der Waals surface area (Å²) < 4.78 is 0. The Kier molecular flexibility index (Phi) is 6.89. The summed E-state index contributed by atoms with van der Waals surface area (Å²) in [5.74, 6) is 0.731. The van der Waals surface area contributed by atoms with E-state index < -0.39 is 0 Å². The number of benzene rings is 1. The van der Waals surface area contributed by atoms with Crippen LogP contribution in [0.1, 0.15) is 38.2 Å². The van der Waals surface area contributed by atoms with Gasteiger partial charge in [-0.05, 0) is 38.2 Å².